The Morgan fingerprint density at radius 2 is 1.97 bits per heavy atom. The van der Waals surface area contributed by atoms with Crippen molar-refractivity contribution in [1.82, 2.24) is 20.4 Å². The van der Waals surface area contributed by atoms with E-state index in [0.29, 0.717) is 23.3 Å². The number of carbonyl (C=O) groups excluding carboxylic acids is 1. The van der Waals surface area contributed by atoms with E-state index >= 15 is 0 Å². The Labute approximate surface area is 209 Å². The largest absolute Gasteiger partial charge is 0.465 e. The third kappa shape index (κ3) is 8.21. The number of nitrogens with zero attached hydrogens (tertiary/aromatic N) is 3. The smallest absolute Gasteiger partial charge is 0.389 e. The highest BCUT2D eigenvalue weighted by molar-refractivity contribution is 5.77. The highest BCUT2D eigenvalue weighted by Gasteiger charge is 2.27. The number of amides is 1. The van der Waals surface area contributed by atoms with E-state index in [2.05, 4.69) is 20.4 Å². The molecule has 2 aromatic heterocycles. The molecule has 1 fully saturated rings. The Hall–Kier alpha value is -2.62. The predicted molar refractivity (Wildman–Crippen MR) is 128 cm³/mol. The lowest BCUT2D eigenvalue weighted by Crippen LogP contribution is -2.40. The number of halogens is 3. The maximum atomic E-state index is 12.5. The van der Waals surface area contributed by atoms with Gasteiger partial charge < -0.3 is 19.5 Å². The summed E-state index contributed by atoms with van der Waals surface area (Å²) >= 11 is 0. The average Bonchev–Trinajstić information content (AvgIpc) is 3.15. The Morgan fingerprint density at radius 3 is 2.69 bits per heavy atom. The van der Waals surface area contributed by atoms with Crippen molar-refractivity contribution < 1.29 is 27.2 Å². The highest BCUT2D eigenvalue weighted by Crippen LogP contribution is 2.28. The van der Waals surface area contributed by atoms with Gasteiger partial charge in [0, 0.05) is 49.4 Å². The van der Waals surface area contributed by atoms with Gasteiger partial charge in [0.25, 0.3) is 11.8 Å². The second kappa shape index (κ2) is 12.1. The number of hydrogen-bond acceptors (Lipinski definition) is 6. The van der Waals surface area contributed by atoms with Crippen LogP contribution in [0.25, 0.3) is 0 Å². The van der Waals surface area contributed by atoms with Gasteiger partial charge in [0.2, 0.25) is 0 Å². The summed E-state index contributed by atoms with van der Waals surface area (Å²) in [5, 5.41) is 6.78. The normalized spacial score (nSPS) is 21.0. The Morgan fingerprint density at radius 1 is 1.19 bits per heavy atom. The molecule has 36 heavy (non-hydrogen) atoms. The fraction of sp³-hybridized carbons (Fsp3) is 0.654. The topological polar surface area (TPSA) is 80.5 Å². The van der Waals surface area contributed by atoms with Crippen molar-refractivity contribution in [3.8, 4) is 5.88 Å². The molecule has 0 spiro atoms. The third-order valence-electron chi connectivity index (χ3n) is 7.18. The van der Waals surface area contributed by atoms with Gasteiger partial charge in [-0.1, -0.05) is 6.07 Å². The minimum Gasteiger partial charge on any atom is -0.465 e. The molecular weight excluding hydrogens is 473 g/mol. The maximum absolute atomic E-state index is 12.5. The van der Waals surface area contributed by atoms with Crippen LogP contribution in [0.1, 0.15) is 61.2 Å². The van der Waals surface area contributed by atoms with Gasteiger partial charge in [0.1, 0.15) is 5.76 Å². The summed E-state index contributed by atoms with van der Waals surface area (Å²) in [6, 6.07) is 5.54. The fourth-order valence-corrected chi connectivity index (χ4v) is 5.09. The minimum absolute atomic E-state index is 0.0576. The second-order valence-electron chi connectivity index (χ2n) is 10.0. The molecule has 0 bridgehead atoms. The van der Waals surface area contributed by atoms with E-state index in [-0.39, 0.29) is 25.0 Å². The summed E-state index contributed by atoms with van der Waals surface area (Å²) in [4.78, 5) is 19.2. The molecule has 3 heterocycles. The van der Waals surface area contributed by atoms with Gasteiger partial charge in [-0.15, -0.1) is 0 Å². The molecule has 7 nitrogen and oxygen atoms in total. The standard InChI is InChI=1S/C26H35F3N4O3/c1-18-16-25(32-36-18)35-17-24(34)31-21-5-2-19(3-6-21)9-13-33-14-10-20-4-7-22(8-12-26(27,28)29)30-23(20)11-15-33/h4,7,16,19,21H,2-3,5-6,8-15,17H2,1H3,(H,31,34)/t19-,21-. The zero-order valence-corrected chi connectivity index (χ0v) is 20.8. The zero-order valence-electron chi connectivity index (χ0n) is 20.8. The van der Waals surface area contributed by atoms with Crippen molar-refractivity contribution in [3.63, 3.8) is 0 Å². The molecule has 198 valence electrons. The number of pyridine rings is 1. The van der Waals surface area contributed by atoms with E-state index in [9.17, 15) is 18.0 Å². The van der Waals surface area contributed by atoms with Crippen LogP contribution >= 0.6 is 0 Å². The van der Waals surface area contributed by atoms with Crippen molar-refractivity contribution in [2.45, 2.75) is 76.9 Å². The summed E-state index contributed by atoms with van der Waals surface area (Å²) in [6.07, 6.45) is 1.87. The monoisotopic (exact) mass is 508 g/mol. The Bertz CT molecular complexity index is 1000. The molecule has 1 amide bonds. The van der Waals surface area contributed by atoms with E-state index in [4.69, 9.17) is 9.26 Å². The first-order valence-corrected chi connectivity index (χ1v) is 12.9. The summed E-state index contributed by atoms with van der Waals surface area (Å²) in [5.41, 5.74) is 2.64. The Balaban J connectivity index is 1.13. The van der Waals surface area contributed by atoms with Crippen molar-refractivity contribution in [2.24, 2.45) is 5.92 Å². The van der Waals surface area contributed by atoms with Crippen LogP contribution < -0.4 is 10.1 Å². The van der Waals surface area contributed by atoms with Crippen LogP contribution in [0.3, 0.4) is 0 Å². The molecule has 1 aliphatic carbocycles. The van der Waals surface area contributed by atoms with E-state index in [1.807, 2.05) is 6.07 Å². The van der Waals surface area contributed by atoms with Gasteiger partial charge in [0.15, 0.2) is 6.61 Å². The summed E-state index contributed by atoms with van der Waals surface area (Å²) in [7, 11) is 0. The highest BCUT2D eigenvalue weighted by atomic mass is 19.4. The quantitative estimate of drug-likeness (QED) is 0.540. The van der Waals surface area contributed by atoms with E-state index in [1.165, 1.54) is 0 Å². The van der Waals surface area contributed by atoms with Crippen LogP contribution in [0.4, 0.5) is 13.2 Å². The average molecular weight is 509 g/mol. The van der Waals surface area contributed by atoms with Gasteiger partial charge in [-0.2, -0.15) is 13.2 Å². The van der Waals surface area contributed by atoms with Gasteiger partial charge in [-0.3, -0.25) is 9.78 Å². The van der Waals surface area contributed by atoms with Crippen LogP contribution in [0, 0.1) is 12.8 Å². The van der Waals surface area contributed by atoms with E-state index < -0.39 is 12.6 Å². The second-order valence-corrected chi connectivity index (χ2v) is 10.0. The van der Waals surface area contributed by atoms with E-state index in [1.54, 1.807) is 19.1 Å². The fourth-order valence-electron chi connectivity index (χ4n) is 5.09. The predicted octanol–water partition coefficient (Wildman–Crippen LogP) is 4.42. The number of alkyl halides is 3. The number of aryl methyl sites for hydroxylation is 2. The lowest BCUT2D eigenvalue weighted by Gasteiger charge is -2.30. The molecule has 4 rings (SSSR count). The molecule has 10 heteroatoms. The van der Waals surface area contributed by atoms with Crippen molar-refractivity contribution in [2.75, 3.05) is 26.2 Å². The number of aromatic nitrogens is 2. The van der Waals surface area contributed by atoms with Crippen LogP contribution in [0.2, 0.25) is 0 Å². The molecule has 0 saturated heterocycles. The molecule has 0 atom stereocenters. The molecule has 1 N–H and O–H groups in total. The van der Waals surface area contributed by atoms with Gasteiger partial charge in [0.05, 0.1) is 0 Å². The lowest BCUT2D eigenvalue weighted by molar-refractivity contribution is -0.134. The molecule has 0 unspecified atom stereocenters. The van der Waals surface area contributed by atoms with Crippen LogP contribution in [-0.2, 0) is 24.1 Å². The van der Waals surface area contributed by atoms with Gasteiger partial charge >= 0.3 is 6.18 Å². The first-order chi connectivity index (χ1) is 17.2. The summed E-state index contributed by atoms with van der Waals surface area (Å²) in [6.45, 7) is 4.55. The molecule has 0 radical (unpaired) electrons. The lowest BCUT2D eigenvalue weighted by atomic mass is 9.84. The first kappa shape index (κ1) is 26.4. The van der Waals surface area contributed by atoms with Crippen molar-refractivity contribution in [1.29, 1.82) is 0 Å². The zero-order chi connectivity index (χ0) is 25.5. The van der Waals surface area contributed by atoms with E-state index in [0.717, 1.165) is 75.8 Å². The third-order valence-corrected chi connectivity index (χ3v) is 7.18. The van der Waals surface area contributed by atoms with Gasteiger partial charge in [-0.05, 0) is 81.1 Å². The Kier molecular flexibility index (Phi) is 8.87. The van der Waals surface area contributed by atoms with Crippen molar-refractivity contribution in [3.05, 3.63) is 40.9 Å². The van der Waals surface area contributed by atoms with Crippen LogP contribution in [0.15, 0.2) is 22.7 Å². The molecular formula is C26H35F3N4O3. The molecule has 1 aliphatic heterocycles. The van der Waals surface area contributed by atoms with Crippen LogP contribution in [0.5, 0.6) is 5.88 Å². The molecule has 0 aromatic carbocycles. The van der Waals surface area contributed by atoms with Gasteiger partial charge in [-0.25, -0.2) is 0 Å². The minimum atomic E-state index is -4.15. The summed E-state index contributed by atoms with van der Waals surface area (Å²) < 4.78 is 47.9. The number of hydrogen-bond donors (Lipinski definition) is 1. The number of fused-ring (bicyclic) bond motifs is 1. The maximum Gasteiger partial charge on any atom is 0.389 e. The molecule has 1 saturated carbocycles. The SMILES string of the molecule is Cc1cc(OCC(=O)N[C@H]2CC[C@H](CCN3CCc4ccc(CCC(F)(F)F)nc4CC3)CC2)no1. The summed E-state index contributed by atoms with van der Waals surface area (Å²) in [5.74, 6) is 1.46. The molecule has 2 aromatic rings. The van der Waals surface area contributed by atoms with Crippen molar-refractivity contribution >= 4 is 5.91 Å². The van der Waals surface area contributed by atoms with Crippen LogP contribution in [-0.4, -0.2) is 59.4 Å². The molecule has 2 aliphatic rings. The number of ether oxygens (including phenoxy) is 1. The number of carbonyl (C=O) groups is 1. The number of nitrogens with one attached hydrogen (secondary N) is 1. The number of rotatable bonds is 9. The first-order valence-electron chi connectivity index (χ1n) is 12.9.